The van der Waals surface area contributed by atoms with Crippen LogP contribution in [0.1, 0.15) is 38.7 Å². The van der Waals surface area contributed by atoms with Gasteiger partial charge in [0, 0.05) is 23.7 Å². The summed E-state index contributed by atoms with van der Waals surface area (Å²) in [6.45, 7) is 4.09. The number of rotatable bonds is 7. The molecule has 0 bridgehead atoms. The molecule has 1 aromatic rings. The van der Waals surface area contributed by atoms with Crippen molar-refractivity contribution in [2.75, 3.05) is 20.8 Å². The summed E-state index contributed by atoms with van der Waals surface area (Å²) in [6, 6.07) is 5.43. The van der Waals surface area contributed by atoms with E-state index in [4.69, 9.17) is 14.2 Å². The van der Waals surface area contributed by atoms with Gasteiger partial charge in [-0.1, -0.05) is 26.7 Å². The number of carbonyl (C=O) groups excluding carboxylic acids is 2. The van der Waals surface area contributed by atoms with E-state index in [0.29, 0.717) is 28.9 Å². The number of hydrogen-bond acceptors (Lipinski definition) is 5. The van der Waals surface area contributed by atoms with Gasteiger partial charge in [-0.3, -0.25) is 4.79 Å². The highest BCUT2D eigenvalue weighted by molar-refractivity contribution is 5.89. The zero-order valence-corrected chi connectivity index (χ0v) is 16.5. The number of methoxy groups -OCH3 is 2. The molecule has 0 spiro atoms. The Balaban J connectivity index is 1.83. The van der Waals surface area contributed by atoms with Crippen molar-refractivity contribution in [1.82, 2.24) is 5.32 Å². The Morgan fingerprint density at radius 3 is 2.67 bits per heavy atom. The summed E-state index contributed by atoms with van der Waals surface area (Å²) >= 11 is 0. The molecule has 1 N–H and O–H groups in total. The zero-order chi connectivity index (χ0) is 19.8. The Hall–Kier alpha value is -2.50. The lowest BCUT2D eigenvalue weighted by molar-refractivity contribution is -0.144. The second-order valence-electron chi connectivity index (χ2n) is 6.99. The molecule has 3 unspecified atom stereocenters. The fourth-order valence-corrected chi connectivity index (χ4v) is 3.33. The maximum atomic E-state index is 12.1. The highest BCUT2D eigenvalue weighted by Gasteiger charge is 2.28. The third-order valence-electron chi connectivity index (χ3n) is 5.24. The number of amides is 1. The predicted molar refractivity (Wildman–Crippen MR) is 104 cm³/mol. The largest absolute Gasteiger partial charge is 0.497 e. The van der Waals surface area contributed by atoms with Crippen LogP contribution in [-0.4, -0.2) is 38.7 Å². The summed E-state index contributed by atoms with van der Waals surface area (Å²) in [6.07, 6.45) is 6.15. The molecule has 3 atom stereocenters. The number of carbonyl (C=O) groups is 2. The van der Waals surface area contributed by atoms with Gasteiger partial charge in [0.05, 0.1) is 14.2 Å². The van der Waals surface area contributed by atoms with Gasteiger partial charge in [-0.2, -0.15) is 0 Å². The van der Waals surface area contributed by atoms with Crippen LogP contribution >= 0.6 is 0 Å². The zero-order valence-electron chi connectivity index (χ0n) is 16.5. The molecule has 2 rings (SSSR count). The van der Waals surface area contributed by atoms with Gasteiger partial charge in [0.2, 0.25) is 0 Å². The Labute approximate surface area is 160 Å². The smallest absolute Gasteiger partial charge is 0.331 e. The van der Waals surface area contributed by atoms with Crippen molar-refractivity contribution >= 4 is 18.0 Å². The lowest BCUT2D eigenvalue weighted by atomic mass is 9.78. The Morgan fingerprint density at radius 2 is 1.96 bits per heavy atom. The van der Waals surface area contributed by atoms with E-state index in [1.54, 1.807) is 38.5 Å². The van der Waals surface area contributed by atoms with E-state index in [1.807, 2.05) is 0 Å². The van der Waals surface area contributed by atoms with E-state index in [9.17, 15) is 9.59 Å². The van der Waals surface area contributed by atoms with Crippen LogP contribution in [0, 0.1) is 11.8 Å². The maximum absolute atomic E-state index is 12.1. The van der Waals surface area contributed by atoms with Crippen LogP contribution in [0.5, 0.6) is 11.5 Å². The van der Waals surface area contributed by atoms with Crippen molar-refractivity contribution in [2.45, 2.75) is 39.2 Å². The minimum Gasteiger partial charge on any atom is -0.497 e. The molecule has 1 amide bonds. The van der Waals surface area contributed by atoms with Crippen LogP contribution in [0.4, 0.5) is 0 Å². The molecule has 0 radical (unpaired) electrons. The molecule has 1 aliphatic carbocycles. The molecular formula is C21H29NO5. The molecule has 0 heterocycles. The minimum atomic E-state index is -0.576. The molecule has 148 valence electrons. The van der Waals surface area contributed by atoms with Crippen LogP contribution in [0.2, 0.25) is 0 Å². The lowest BCUT2D eigenvalue weighted by Crippen LogP contribution is -2.45. The normalized spacial score (nSPS) is 22.3. The van der Waals surface area contributed by atoms with Gasteiger partial charge in [0.25, 0.3) is 5.91 Å². The summed E-state index contributed by atoms with van der Waals surface area (Å²) in [4.78, 5) is 24.0. The highest BCUT2D eigenvalue weighted by atomic mass is 16.5. The Bertz CT molecular complexity index is 685. The highest BCUT2D eigenvalue weighted by Crippen LogP contribution is 2.29. The number of hydrogen-bond donors (Lipinski definition) is 1. The third-order valence-corrected chi connectivity index (χ3v) is 5.24. The molecule has 1 aromatic carbocycles. The van der Waals surface area contributed by atoms with Gasteiger partial charge >= 0.3 is 5.97 Å². The molecule has 6 nitrogen and oxygen atoms in total. The number of nitrogens with one attached hydrogen (secondary N) is 1. The van der Waals surface area contributed by atoms with Gasteiger partial charge in [0.1, 0.15) is 11.5 Å². The summed E-state index contributed by atoms with van der Waals surface area (Å²) in [5.41, 5.74) is 0.713. The van der Waals surface area contributed by atoms with Crippen molar-refractivity contribution in [1.29, 1.82) is 0 Å². The van der Waals surface area contributed by atoms with E-state index >= 15 is 0 Å². The number of ether oxygens (including phenoxy) is 3. The fraction of sp³-hybridized carbons (Fsp3) is 0.524. The second-order valence-corrected chi connectivity index (χ2v) is 6.99. The van der Waals surface area contributed by atoms with Crippen molar-refractivity contribution in [3.05, 3.63) is 29.8 Å². The van der Waals surface area contributed by atoms with Crippen LogP contribution in [0.25, 0.3) is 6.08 Å². The van der Waals surface area contributed by atoms with Crippen LogP contribution in [-0.2, 0) is 14.3 Å². The summed E-state index contributed by atoms with van der Waals surface area (Å²) < 4.78 is 15.5. The SMILES string of the molecule is COc1ccc(/C=C/C(=O)OCC(=O)NC2CCCC(C)C2C)c(OC)c1. The van der Waals surface area contributed by atoms with Crippen molar-refractivity contribution in [3.63, 3.8) is 0 Å². The first-order valence-electron chi connectivity index (χ1n) is 9.30. The maximum Gasteiger partial charge on any atom is 0.331 e. The fourth-order valence-electron chi connectivity index (χ4n) is 3.33. The average molecular weight is 375 g/mol. The second kappa shape index (κ2) is 10.00. The third kappa shape index (κ3) is 6.01. The first-order valence-corrected chi connectivity index (χ1v) is 9.30. The summed E-state index contributed by atoms with van der Waals surface area (Å²) in [5.74, 6) is 1.43. The summed E-state index contributed by atoms with van der Waals surface area (Å²) in [7, 11) is 3.11. The predicted octanol–water partition coefficient (Wildman–Crippen LogP) is 3.20. The number of esters is 1. The molecule has 1 saturated carbocycles. The quantitative estimate of drug-likeness (QED) is 0.585. The monoisotopic (exact) mass is 375 g/mol. The van der Waals surface area contributed by atoms with E-state index < -0.39 is 5.97 Å². The molecule has 0 aromatic heterocycles. The van der Waals surface area contributed by atoms with Gasteiger partial charge in [-0.15, -0.1) is 0 Å². The van der Waals surface area contributed by atoms with Gasteiger partial charge < -0.3 is 19.5 Å². The van der Waals surface area contributed by atoms with E-state index in [2.05, 4.69) is 19.2 Å². The molecule has 0 aliphatic heterocycles. The van der Waals surface area contributed by atoms with Crippen LogP contribution < -0.4 is 14.8 Å². The lowest BCUT2D eigenvalue weighted by Gasteiger charge is -2.34. The van der Waals surface area contributed by atoms with E-state index in [1.165, 1.54) is 12.5 Å². The topological polar surface area (TPSA) is 73.9 Å². The minimum absolute atomic E-state index is 0.152. The van der Waals surface area contributed by atoms with E-state index in [-0.39, 0.29) is 18.6 Å². The average Bonchev–Trinajstić information content (AvgIpc) is 2.68. The summed E-state index contributed by atoms with van der Waals surface area (Å²) in [5, 5.41) is 2.98. The van der Waals surface area contributed by atoms with Gasteiger partial charge in [0.15, 0.2) is 6.61 Å². The molecule has 6 heteroatoms. The Kier molecular flexibility index (Phi) is 7.70. The number of benzene rings is 1. The Morgan fingerprint density at radius 1 is 1.19 bits per heavy atom. The first-order chi connectivity index (χ1) is 12.9. The molecule has 0 saturated heterocycles. The molecule has 1 aliphatic rings. The molecule has 1 fully saturated rings. The van der Waals surface area contributed by atoms with Crippen molar-refractivity contribution < 1.29 is 23.8 Å². The van der Waals surface area contributed by atoms with E-state index in [0.717, 1.165) is 12.8 Å². The van der Waals surface area contributed by atoms with Gasteiger partial charge in [-0.25, -0.2) is 4.79 Å². The van der Waals surface area contributed by atoms with Gasteiger partial charge in [-0.05, 0) is 36.5 Å². The molecular weight excluding hydrogens is 346 g/mol. The van der Waals surface area contributed by atoms with Crippen LogP contribution in [0.15, 0.2) is 24.3 Å². The van der Waals surface area contributed by atoms with Crippen LogP contribution in [0.3, 0.4) is 0 Å². The standard InChI is InChI=1S/C21H29NO5/c1-14-6-5-7-18(15(14)2)22-20(23)13-27-21(24)11-9-16-8-10-17(25-3)12-19(16)26-4/h8-12,14-15,18H,5-7,13H2,1-4H3,(H,22,23)/b11-9+. The van der Waals surface area contributed by atoms with Crippen molar-refractivity contribution in [3.8, 4) is 11.5 Å². The van der Waals surface area contributed by atoms with Crippen molar-refractivity contribution in [2.24, 2.45) is 11.8 Å². The molecule has 27 heavy (non-hydrogen) atoms. The first kappa shape index (κ1) is 20.8.